The number of carbonyl (C=O) groups excluding carboxylic acids is 1. The van der Waals surface area contributed by atoms with Crippen molar-refractivity contribution in [1.82, 2.24) is 0 Å². The van der Waals surface area contributed by atoms with Crippen LogP contribution in [0, 0.1) is 22.7 Å². The molecule has 1 aliphatic rings. The molecule has 1 aliphatic carbocycles. The summed E-state index contributed by atoms with van der Waals surface area (Å²) in [4.78, 5) is 12.3. The van der Waals surface area contributed by atoms with Gasteiger partial charge in [-0.1, -0.05) is 19.8 Å². The van der Waals surface area contributed by atoms with Crippen molar-refractivity contribution in [3.8, 4) is 17.6 Å². The highest BCUT2D eigenvalue weighted by Crippen LogP contribution is 2.42. The number of carbonyl (C=O) groups is 1. The number of benzene rings is 1. The molecule has 0 atom stereocenters. The number of esters is 1. The Morgan fingerprint density at radius 3 is 2.39 bits per heavy atom. The standard InChI is InChI=1S/C19H25NO3/c1-3-4-11-19(14-20)12-9-15(10-13-19)18(21)23-17-7-5-16(22-2)6-8-17/h5-8,15H,3-4,9-13H2,1-2H3/t15-,19-. The topological polar surface area (TPSA) is 59.3 Å². The summed E-state index contributed by atoms with van der Waals surface area (Å²) in [6.07, 6.45) is 6.21. The lowest BCUT2D eigenvalue weighted by Gasteiger charge is -2.34. The van der Waals surface area contributed by atoms with Crippen LogP contribution in [0.2, 0.25) is 0 Å². The molecule has 1 fully saturated rings. The van der Waals surface area contributed by atoms with Gasteiger partial charge in [0.05, 0.1) is 24.5 Å². The van der Waals surface area contributed by atoms with Crippen molar-refractivity contribution in [2.24, 2.45) is 11.3 Å². The monoisotopic (exact) mass is 315 g/mol. The Labute approximate surface area is 138 Å². The van der Waals surface area contributed by atoms with Crippen LogP contribution in [-0.4, -0.2) is 13.1 Å². The molecule has 2 rings (SSSR count). The molecule has 0 N–H and O–H groups in total. The molecule has 0 heterocycles. The predicted molar refractivity (Wildman–Crippen MR) is 88.2 cm³/mol. The molecule has 0 radical (unpaired) electrons. The Bertz CT molecular complexity index is 551. The molecule has 1 saturated carbocycles. The van der Waals surface area contributed by atoms with Crippen molar-refractivity contribution in [3.63, 3.8) is 0 Å². The highest BCUT2D eigenvalue weighted by molar-refractivity contribution is 5.75. The smallest absolute Gasteiger partial charge is 0.314 e. The van der Waals surface area contributed by atoms with E-state index >= 15 is 0 Å². The van der Waals surface area contributed by atoms with Crippen LogP contribution in [-0.2, 0) is 4.79 Å². The van der Waals surface area contributed by atoms with Crippen molar-refractivity contribution in [1.29, 1.82) is 5.26 Å². The van der Waals surface area contributed by atoms with Gasteiger partial charge in [0.15, 0.2) is 0 Å². The zero-order valence-corrected chi connectivity index (χ0v) is 14.0. The number of unbranched alkanes of at least 4 members (excludes halogenated alkanes) is 1. The maximum absolute atomic E-state index is 12.3. The zero-order chi connectivity index (χ0) is 16.7. The Kier molecular flexibility index (Phi) is 6.04. The molecule has 124 valence electrons. The SMILES string of the molecule is CCCC[C@]1(C#N)CC[C@H](C(=O)Oc2ccc(OC)cc2)CC1. The van der Waals surface area contributed by atoms with Gasteiger partial charge in [0, 0.05) is 0 Å². The first-order chi connectivity index (χ1) is 11.1. The van der Waals surface area contributed by atoms with Crippen LogP contribution in [0.3, 0.4) is 0 Å². The van der Waals surface area contributed by atoms with Crippen LogP contribution in [0.15, 0.2) is 24.3 Å². The van der Waals surface area contributed by atoms with E-state index in [-0.39, 0.29) is 17.3 Å². The molecular formula is C19H25NO3. The summed E-state index contributed by atoms with van der Waals surface area (Å²) in [6.45, 7) is 2.14. The third kappa shape index (κ3) is 4.48. The van der Waals surface area contributed by atoms with Gasteiger partial charge >= 0.3 is 5.97 Å². The molecule has 0 aliphatic heterocycles. The zero-order valence-electron chi connectivity index (χ0n) is 14.0. The van der Waals surface area contributed by atoms with Gasteiger partial charge in [-0.25, -0.2) is 0 Å². The molecule has 1 aromatic carbocycles. The third-order valence-electron chi connectivity index (χ3n) is 4.80. The highest BCUT2D eigenvalue weighted by atomic mass is 16.5. The summed E-state index contributed by atoms with van der Waals surface area (Å²) in [6, 6.07) is 9.53. The minimum absolute atomic E-state index is 0.0970. The molecule has 4 heteroatoms. The lowest BCUT2D eigenvalue weighted by molar-refractivity contribution is -0.140. The van der Waals surface area contributed by atoms with Gasteiger partial charge in [-0.05, 0) is 56.4 Å². The third-order valence-corrected chi connectivity index (χ3v) is 4.80. The minimum Gasteiger partial charge on any atom is -0.497 e. The fourth-order valence-corrected chi connectivity index (χ4v) is 3.18. The van der Waals surface area contributed by atoms with Crippen LogP contribution in [0.1, 0.15) is 51.9 Å². The van der Waals surface area contributed by atoms with E-state index in [4.69, 9.17) is 9.47 Å². The first-order valence-corrected chi connectivity index (χ1v) is 8.39. The Balaban J connectivity index is 1.88. The Morgan fingerprint density at radius 1 is 1.26 bits per heavy atom. The van der Waals surface area contributed by atoms with E-state index in [1.54, 1.807) is 31.4 Å². The molecule has 4 nitrogen and oxygen atoms in total. The maximum Gasteiger partial charge on any atom is 0.314 e. The Morgan fingerprint density at radius 2 is 1.87 bits per heavy atom. The molecule has 0 saturated heterocycles. The van der Waals surface area contributed by atoms with Crippen molar-refractivity contribution < 1.29 is 14.3 Å². The number of hydrogen-bond acceptors (Lipinski definition) is 4. The quantitative estimate of drug-likeness (QED) is 0.573. The van der Waals surface area contributed by atoms with Crippen LogP contribution >= 0.6 is 0 Å². The van der Waals surface area contributed by atoms with E-state index in [0.717, 1.165) is 50.7 Å². The minimum atomic E-state index is -0.229. The second-order valence-corrected chi connectivity index (χ2v) is 6.37. The fourth-order valence-electron chi connectivity index (χ4n) is 3.18. The van der Waals surface area contributed by atoms with Crippen LogP contribution in [0.25, 0.3) is 0 Å². The van der Waals surface area contributed by atoms with E-state index in [9.17, 15) is 10.1 Å². The first kappa shape index (κ1) is 17.3. The first-order valence-electron chi connectivity index (χ1n) is 8.39. The van der Waals surface area contributed by atoms with E-state index < -0.39 is 0 Å². The number of methoxy groups -OCH3 is 1. The average Bonchev–Trinajstić information content (AvgIpc) is 2.61. The van der Waals surface area contributed by atoms with Crippen molar-refractivity contribution >= 4 is 5.97 Å². The summed E-state index contributed by atoms with van der Waals surface area (Å²) >= 11 is 0. The van der Waals surface area contributed by atoms with Gasteiger partial charge in [-0.2, -0.15) is 5.26 Å². The van der Waals surface area contributed by atoms with E-state index in [2.05, 4.69) is 13.0 Å². The number of hydrogen-bond donors (Lipinski definition) is 0. The summed E-state index contributed by atoms with van der Waals surface area (Å²) in [7, 11) is 1.60. The number of nitriles is 1. The van der Waals surface area contributed by atoms with Crippen LogP contribution in [0.5, 0.6) is 11.5 Å². The number of ether oxygens (including phenoxy) is 2. The van der Waals surface area contributed by atoms with Gasteiger partial charge in [-0.15, -0.1) is 0 Å². The second kappa shape index (κ2) is 8.01. The number of nitrogens with zero attached hydrogens (tertiary/aromatic N) is 1. The van der Waals surface area contributed by atoms with Crippen LogP contribution < -0.4 is 9.47 Å². The number of rotatable bonds is 6. The van der Waals surface area contributed by atoms with Crippen molar-refractivity contribution in [2.75, 3.05) is 7.11 Å². The second-order valence-electron chi connectivity index (χ2n) is 6.37. The van der Waals surface area contributed by atoms with Gasteiger partial charge in [0.25, 0.3) is 0 Å². The lowest BCUT2D eigenvalue weighted by Crippen LogP contribution is -2.31. The van der Waals surface area contributed by atoms with Gasteiger partial charge in [-0.3, -0.25) is 4.79 Å². The van der Waals surface area contributed by atoms with Gasteiger partial charge < -0.3 is 9.47 Å². The lowest BCUT2D eigenvalue weighted by atomic mass is 9.69. The maximum atomic E-state index is 12.3. The molecule has 0 spiro atoms. The van der Waals surface area contributed by atoms with Crippen molar-refractivity contribution in [2.45, 2.75) is 51.9 Å². The van der Waals surface area contributed by atoms with Gasteiger partial charge in [0.2, 0.25) is 0 Å². The predicted octanol–water partition coefficient (Wildman–Crippen LogP) is 4.49. The summed E-state index contributed by atoms with van der Waals surface area (Å²) in [5, 5.41) is 9.50. The normalized spacial score (nSPS) is 23.8. The molecule has 0 amide bonds. The molecule has 0 bridgehead atoms. The molecule has 0 unspecified atom stereocenters. The highest BCUT2D eigenvalue weighted by Gasteiger charge is 2.37. The van der Waals surface area contributed by atoms with E-state index in [0.29, 0.717) is 5.75 Å². The Hall–Kier alpha value is -2.02. The molecular weight excluding hydrogens is 290 g/mol. The molecule has 1 aromatic rings. The van der Waals surface area contributed by atoms with E-state index in [1.165, 1.54) is 0 Å². The average molecular weight is 315 g/mol. The van der Waals surface area contributed by atoms with Crippen LogP contribution in [0.4, 0.5) is 0 Å². The van der Waals surface area contributed by atoms with Crippen molar-refractivity contribution in [3.05, 3.63) is 24.3 Å². The fraction of sp³-hybridized carbons (Fsp3) is 0.579. The molecule has 23 heavy (non-hydrogen) atoms. The summed E-state index contributed by atoms with van der Waals surface area (Å²) in [5.41, 5.74) is -0.229. The van der Waals surface area contributed by atoms with E-state index in [1.807, 2.05) is 0 Å². The molecule has 0 aromatic heterocycles. The summed E-state index contributed by atoms with van der Waals surface area (Å²) < 4.78 is 10.5. The van der Waals surface area contributed by atoms with Gasteiger partial charge in [0.1, 0.15) is 11.5 Å². The summed E-state index contributed by atoms with van der Waals surface area (Å²) in [5.74, 6) is 0.994. The largest absolute Gasteiger partial charge is 0.497 e.